The minimum atomic E-state index is 0.823. The lowest BCUT2D eigenvalue weighted by Crippen LogP contribution is -2.07. The molecule has 1 aromatic heterocycles. The molecule has 0 aliphatic heterocycles. The third-order valence-electron chi connectivity index (χ3n) is 3.21. The second kappa shape index (κ2) is 6.18. The molecule has 0 spiro atoms. The number of anilines is 2. The highest BCUT2D eigenvalue weighted by Crippen LogP contribution is 2.11. The molecule has 0 aliphatic carbocycles. The zero-order valence-corrected chi connectivity index (χ0v) is 11.7. The number of aryl methyl sites for hydroxylation is 2. The molecular formula is C15H20N4. The van der Waals surface area contributed by atoms with Crippen molar-refractivity contribution in [1.82, 2.24) is 9.97 Å². The van der Waals surface area contributed by atoms with Crippen molar-refractivity contribution in [3.05, 3.63) is 47.3 Å². The molecule has 19 heavy (non-hydrogen) atoms. The van der Waals surface area contributed by atoms with Crippen LogP contribution in [0.2, 0.25) is 0 Å². The van der Waals surface area contributed by atoms with Crippen LogP contribution in [0.1, 0.15) is 16.7 Å². The molecule has 4 nitrogen and oxygen atoms in total. The molecule has 0 fully saturated rings. The maximum absolute atomic E-state index is 4.19. The van der Waals surface area contributed by atoms with Crippen LogP contribution in [0.3, 0.4) is 0 Å². The Morgan fingerprint density at radius 1 is 1.00 bits per heavy atom. The summed E-state index contributed by atoms with van der Waals surface area (Å²) in [6.45, 7) is 5.15. The quantitative estimate of drug-likeness (QED) is 0.863. The maximum Gasteiger partial charge on any atom is 0.131 e. The van der Waals surface area contributed by atoms with E-state index in [4.69, 9.17) is 0 Å². The maximum atomic E-state index is 4.19. The number of hydrogen-bond acceptors (Lipinski definition) is 4. The fourth-order valence-electron chi connectivity index (χ4n) is 1.88. The number of hydrogen-bond donors (Lipinski definition) is 2. The highest BCUT2D eigenvalue weighted by molar-refractivity contribution is 5.46. The first-order valence-electron chi connectivity index (χ1n) is 6.49. The lowest BCUT2D eigenvalue weighted by atomic mass is 10.0. The minimum Gasteiger partial charge on any atom is -0.373 e. The molecule has 0 saturated carbocycles. The van der Waals surface area contributed by atoms with E-state index in [1.807, 2.05) is 13.1 Å². The van der Waals surface area contributed by atoms with Crippen molar-refractivity contribution in [1.29, 1.82) is 0 Å². The third kappa shape index (κ3) is 3.68. The molecule has 1 heterocycles. The third-order valence-corrected chi connectivity index (χ3v) is 3.21. The van der Waals surface area contributed by atoms with Crippen LogP contribution < -0.4 is 10.6 Å². The van der Waals surface area contributed by atoms with Gasteiger partial charge in [-0.2, -0.15) is 0 Å². The molecule has 4 heteroatoms. The zero-order chi connectivity index (χ0) is 13.7. The molecule has 2 N–H and O–H groups in total. The molecule has 0 atom stereocenters. The number of nitrogens with one attached hydrogen (secondary N) is 2. The summed E-state index contributed by atoms with van der Waals surface area (Å²) >= 11 is 0. The average molecular weight is 256 g/mol. The lowest BCUT2D eigenvalue weighted by molar-refractivity contribution is 0.995. The van der Waals surface area contributed by atoms with Crippen LogP contribution >= 0.6 is 0 Å². The van der Waals surface area contributed by atoms with Crippen LogP contribution in [0.15, 0.2) is 30.6 Å². The summed E-state index contributed by atoms with van der Waals surface area (Å²) in [5.41, 5.74) is 4.03. The van der Waals surface area contributed by atoms with E-state index in [0.29, 0.717) is 0 Å². The molecule has 0 aliphatic rings. The molecule has 0 radical (unpaired) electrons. The highest BCUT2D eigenvalue weighted by Gasteiger charge is 1.99. The molecule has 2 rings (SSSR count). The monoisotopic (exact) mass is 256 g/mol. The van der Waals surface area contributed by atoms with Crippen molar-refractivity contribution in [2.75, 3.05) is 24.2 Å². The second-order valence-corrected chi connectivity index (χ2v) is 4.63. The van der Waals surface area contributed by atoms with E-state index in [9.17, 15) is 0 Å². The van der Waals surface area contributed by atoms with Gasteiger partial charge in [-0.15, -0.1) is 0 Å². The van der Waals surface area contributed by atoms with E-state index in [2.05, 4.69) is 52.6 Å². The van der Waals surface area contributed by atoms with Gasteiger partial charge in [0, 0.05) is 19.7 Å². The van der Waals surface area contributed by atoms with Crippen molar-refractivity contribution < 1.29 is 0 Å². The van der Waals surface area contributed by atoms with Gasteiger partial charge >= 0.3 is 0 Å². The molecule has 0 bridgehead atoms. The van der Waals surface area contributed by atoms with Gasteiger partial charge in [0.2, 0.25) is 0 Å². The summed E-state index contributed by atoms with van der Waals surface area (Å²) in [6, 6.07) is 8.51. The van der Waals surface area contributed by atoms with E-state index < -0.39 is 0 Å². The van der Waals surface area contributed by atoms with Gasteiger partial charge in [0.1, 0.15) is 18.0 Å². The first kappa shape index (κ1) is 13.3. The fraction of sp³-hybridized carbons (Fsp3) is 0.333. The molecule has 0 unspecified atom stereocenters. The Hall–Kier alpha value is -2.10. The van der Waals surface area contributed by atoms with Crippen LogP contribution in [0.4, 0.5) is 11.6 Å². The first-order chi connectivity index (χ1) is 9.19. The fourth-order valence-corrected chi connectivity index (χ4v) is 1.88. The predicted molar refractivity (Wildman–Crippen MR) is 79.7 cm³/mol. The van der Waals surface area contributed by atoms with Crippen molar-refractivity contribution in [3.63, 3.8) is 0 Å². The van der Waals surface area contributed by atoms with Gasteiger partial charge in [0.05, 0.1) is 0 Å². The van der Waals surface area contributed by atoms with Gasteiger partial charge in [0.15, 0.2) is 0 Å². The smallest absolute Gasteiger partial charge is 0.131 e. The van der Waals surface area contributed by atoms with Gasteiger partial charge in [-0.25, -0.2) is 9.97 Å². The Bertz CT molecular complexity index is 552. The summed E-state index contributed by atoms with van der Waals surface area (Å²) in [6.07, 6.45) is 2.55. The van der Waals surface area contributed by atoms with Crippen molar-refractivity contribution in [3.8, 4) is 0 Å². The number of nitrogens with zero attached hydrogens (tertiary/aromatic N) is 2. The van der Waals surface area contributed by atoms with Crippen molar-refractivity contribution in [2.45, 2.75) is 20.3 Å². The number of aromatic nitrogens is 2. The standard InChI is InChI=1S/C15H20N4/c1-11-4-5-13(8-12(11)2)6-7-17-15-9-14(16-3)18-10-19-15/h4-5,8-10H,6-7H2,1-3H3,(H2,16,17,18,19). The van der Waals surface area contributed by atoms with Gasteiger partial charge in [-0.05, 0) is 37.0 Å². The van der Waals surface area contributed by atoms with Gasteiger partial charge < -0.3 is 10.6 Å². The topological polar surface area (TPSA) is 49.8 Å². The van der Waals surface area contributed by atoms with Crippen LogP contribution in [0, 0.1) is 13.8 Å². The van der Waals surface area contributed by atoms with Crippen LogP contribution in [0.5, 0.6) is 0 Å². The normalized spacial score (nSPS) is 10.3. The Labute approximate surface area is 114 Å². The second-order valence-electron chi connectivity index (χ2n) is 4.63. The molecule has 0 amide bonds. The summed E-state index contributed by atoms with van der Waals surface area (Å²) < 4.78 is 0. The Kier molecular flexibility index (Phi) is 4.34. The molecule has 100 valence electrons. The summed E-state index contributed by atoms with van der Waals surface area (Å²) in [5.74, 6) is 1.67. The molecule has 2 aromatic rings. The van der Waals surface area contributed by atoms with E-state index >= 15 is 0 Å². The van der Waals surface area contributed by atoms with Gasteiger partial charge in [-0.3, -0.25) is 0 Å². The average Bonchev–Trinajstić information content (AvgIpc) is 2.43. The zero-order valence-electron chi connectivity index (χ0n) is 11.7. The first-order valence-corrected chi connectivity index (χ1v) is 6.49. The molecule has 1 aromatic carbocycles. The largest absolute Gasteiger partial charge is 0.373 e. The molecular weight excluding hydrogens is 236 g/mol. The molecule has 0 saturated heterocycles. The SMILES string of the molecule is CNc1cc(NCCc2ccc(C)c(C)c2)ncn1. The van der Waals surface area contributed by atoms with Crippen molar-refractivity contribution in [2.24, 2.45) is 0 Å². The summed E-state index contributed by atoms with van der Waals surface area (Å²) in [4.78, 5) is 8.27. The lowest BCUT2D eigenvalue weighted by Gasteiger charge is -2.08. The number of benzene rings is 1. The van der Waals surface area contributed by atoms with E-state index in [0.717, 1.165) is 24.6 Å². The van der Waals surface area contributed by atoms with E-state index in [-0.39, 0.29) is 0 Å². The van der Waals surface area contributed by atoms with Crippen LogP contribution in [-0.2, 0) is 6.42 Å². The van der Waals surface area contributed by atoms with Gasteiger partial charge in [-0.1, -0.05) is 18.2 Å². The Balaban J connectivity index is 1.90. The van der Waals surface area contributed by atoms with Crippen LogP contribution in [-0.4, -0.2) is 23.6 Å². The van der Waals surface area contributed by atoms with E-state index in [1.165, 1.54) is 16.7 Å². The highest BCUT2D eigenvalue weighted by atomic mass is 15.0. The Morgan fingerprint density at radius 3 is 2.53 bits per heavy atom. The number of rotatable bonds is 5. The predicted octanol–water partition coefficient (Wildman–Crippen LogP) is 2.79. The van der Waals surface area contributed by atoms with Crippen LogP contribution in [0.25, 0.3) is 0 Å². The van der Waals surface area contributed by atoms with Crippen molar-refractivity contribution >= 4 is 11.6 Å². The summed E-state index contributed by atoms with van der Waals surface area (Å²) in [7, 11) is 1.85. The minimum absolute atomic E-state index is 0.823. The summed E-state index contributed by atoms with van der Waals surface area (Å²) in [5, 5.41) is 6.31. The van der Waals surface area contributed by atoms with E-state index in [1.54, 1.807) is 6.33 Å². The van der Waals surface area contributed by atoms with Gasteiger partial charge in [0.25, 0.3) is 0 Å². The Morgan fingerprint density at radius 2 is 1.79 bits per heavy atom.